The van der Waals surface area contributed by atoms with Crippen molar-refractivity contribution in [2.45, 2.75) is 26.3 Å². The van der Waals surface area contributed by atoms with Crippen LogP contribution in [0.5, 0.6) is 0 Å². The topological polar surface area (TPSA) is 72.2 Å². The lowest BCUT2D eigenvalue weighted by Crippen LogP contribution is -2.33. The Balaban J connectivity index is 1.79. The van der Waals surface area contributed by atoms with Crippen molar-refractivity contribution < 1.29 is 9.59 Å². The third kappa shape index (κ3) is 3.67. The Labute approximate surface area is 181 Å². The van der Waals surface area contributed by atoms with Gasteiger partial charge in [0.2, 0.25) is 0 Å². The molecule has 7 nitrogen and oxygen atoms in total. The molecule has 160 valence electrons. The van der Waals surface area contributed by atoms with Gasteiger partial charge in [0.1, 0.15) is 5.69 Å². The lowest BCUT2D eigenvalue weighted by Gasteiger charge is -2.15. The van der Waals surface area contributed by atoms with E-state index >= 15 is 0 Å². The summed E-state index contributed by atoms with van der Waals surface area (Å²) in [4.78, 5) is 32.1. The van der Waals surface area contributed by atoms with Crippen LogP contribution in [-0.2, 0) is 6.42 Å². The fraction of sp³-hybridized carbons (Fsp3) is 0.292. The summed E-state index contributed by atoms with van der Waals surface area (Å²) in [5, 5.41) is 3.90. The number of amides is 2. The highest BCUT2D eigenvalue weighted by Gasteiger charge is 2.26. The van der Waals surface area contributed by atoms with Crippen molar-refractivity contribution in [2.75, 3.05) is 20.6 Å². The number of nitrogens with one attached hydrogen (secondary N) is 1. The second-order valence-corrected chi connectivity index (χ2v) is 8.08. The molecule has 7 heteroatoms. The van der Waals surface area contributed by atoms with Crippen molar-refractivity contribution >= 4 is 33.9 Å². The van der Waals surface area contributed by atoms with Gasteiger partial charge in [-0.3, -0.25) is 14.3 Å². The largest absolute Gasteiger partial charge is 0.350 e. The lowest BCUT2D eigenvalue weighted by molar-refractivity contribution is 0.0945. The third-order valence-corrected chi connectivity index (χ3v) is 5.37. The SMILES string of the molecule is CC(C)n1c2ccccc2c2c1cc(C(=O)NCCc1ccccn1)n2C(=O)N(C)C. The summed E-state index contributed by atoms with van der Waals surface area (Å²) in [6.07, 6.45) is 2.36. The molecule has 0 radical (unpaired) electrons. The van der Waals surface area contributed by atoms with Crippen LogP contribution in [0.25, 0.3) is 21.9 Å². The molecule has 0 spiro atoms. The zero-order valence-electron chi connectivity index (χ0n) is 18.3. The van der Waals surface area contributed by atoms with E-state index in [4.69, 9.17) is 0 Å². The monoisotopic (exact) mass is 417 g/mol. The molecule has 1 aromatic carbocycles. The molecule has 0 bridgehead atoms. The molecular weight excluding hydrogens is 390 g/mol. The maximum absolute atomic E-state index is 13.2. The first kappa shape index (κ1) is 20.7. The van der Waals surface area contributed by atoms with Crippen molar-refractivity contribution in [1.82, 2.24) is 24.3 Å². The summed E-state index contributed by atoms with van der Waals surface area (Å²) >= 11 is 0. The zero-order valence-corrected chi connectivity index (χ0v) is 18.3. The summed E-state index contributed by atoms with van der Waals surface area (Å²) in [6, 6.07) is 15.5. The van der Waals surface area contributed by atoms with Gasteiger partial charge in [0.15, 0.2) is 0 Å². The van der Waals surface area contributed by atoms with Gasteiger partial charge in [-0.1, -0.05) is 24.3 Å². The van der Waals surface area contributed by atoms with Gasteiger partial charge in [-0.25, -0.2) is 4.79 Å². The molecule has 3 heterocycles. The highest BCUT2D eigenvalue weighted by molar-refractivity contribution is 6.14. The third-order valence-electron chi connectivity index (χ3n) is 5.37. The van der Waals surface area contributed by atoms with Gasteiger partial charge >= 0.3 is 6.03 Å². The fourth-order valence-electron chi connectivity index (χ4n) is 4.02. The summed E-state index contributed by atoms with van der Waals surface area (Å²) in [6.45, 7) is 4.64. The number of hydrogen-bond donors (Lipinski definition) is 1. The molecule has 2 amide bonds. The van der Waals surface area contributed by atoms with Gasteiger partial charge in [-0.15, -0.1) is 0 Å². The summed E-state index contributed by atoms with van der Waals surface area (Å²) in [5.74, 6) is -0.276. The molecule has 0 fully saturated rings. The van der Waals surface area contributed by atoms with Gasteiger partial charge in [-0.2, -0.15) is 0 Å². The number of hydrogen-bond acceptors (Lipinski definition) is 3. The van der Waals surface area contributed by atoms with E-state index in [0.717, 1.165) is 27.6 Å². The number of rotatable bonds is 5. The van der Waals surface area contributed by atoms with Crippen LogP contribution in [0.15, 0.2) is 54.7 Å². The average Bonchev–Trinajstić information content (AvgIpc) is 3.28. The molecule has 31 heavy (non-hydrogen) atoms. The Kier molecular flexibility index (Phi) is 5.50. The van der Waals surface area contributed by atoms with Crippen molar-refractivity contribution in [3.63, 3.8) is 0 Å². The zero-order chi connectivity index (χ0) is 22.1. The summed E-state index contributed by atoms with van der Waals surface area (Å²) < 4.78 is 3.71. The molecular formula is C24H27N5O2. The standard InChI is InChI=1S/C24H27N5O2/c1-16(2)28-19-11-6-5-10-18(19)22-20(28)15-21(29(22)24(31)27(3)4)23(30)26-14-12-17-9-7-8-13-25-17/h5-11,13,15-16H,12,14H2,1-4H3,(H,26,30). The lowest BCUT2D eigenvalue weighted by atomic mass is 10.2. The Morgan fingerprint density at radius 1 is 1.06 bits per heavy atom. The van der Waals surface area contributed by atoms with E-state index in [-0.39, 0.29) is 18.0 Å². The van der Waals surface area contributed by atoms with Crippen molar-refractivity contribution in [2.24, 2.45) is 0 Å². The molecule has 4 rings (SSSR count). The van der Waals surface area contributed by atoms with E-state index in [1.54, 1.807) is 20.3 Å². The minimum Gasteiger partial charge on any atom is -0.350 e. The van der Waals surface area contributed by atoms with Gasteiger partial charge in [0.25, 0.3) is 5.91 Å². The molecule has 0 saturated heterocycles. The number of carbonyl (C=O) groups is 2. The van der Waals surface area contributed by atoms with Crippen LogP contribution < -0.4 is 5.32 Å². The second-order valence-electron chi connectivity index (χ2n) is 8.08. The molecule has 0 aliphatic rings. The Hall–Kier alpha value is -3.61. The number of nitrogens with zero attached hydrogens (tertiary/aromatic N) is 4. The van der Waals surface area contributed by atoms with E-state index < -0.39 is 0 Å². The minimum atomic E-state index is -0.276. The maximum Gasteiger partial charge on any atom is 0.328 e. The smallest absolute Gasteiger partial charge is 0.328 e. The molecule has 0 aliphatic carbocycles. The first-order valence-corrected chi connectivity index (χ1v) is 10.4. The normalized spacial score (nSPS) is 11.4. The maximum atomic E-state index is 13.2. The number of carbonyl (C=O) groups excluding carboxylic acids is 2. The highest BCUT2D eigenvalue weighted by Crippen LogP contribution is 2.34. The van der Waals surface area contributed by atoms with E-state index in [9.17, 15) is 9.59 Å². The molecule has 1 N–H and O–H groups in total. The van der Waals surface area contributed by atoms with Crippen molar-refractivity contribution in [3.05, 3.63) is 66.1 Å². The first-order valence-electron chi connectivity index (χ1n) is 10.4. The number of para-hydroxylation sites is 1. The minimum absolute atomic E-state index is 0.174. The van der Waals surface area contributed by atoms with Gasteiger partial charge in [0, 0.05) is 50.4 Å². The molecule has 3 aromatic heterocycles. The van der Waals surface area contributed by atoms with Gasteiger partial charge < -0.3 is 14.8 Å². The Morgan fingerprint density at radius 2 is 1.81 bits per heavy atom. The number of aromatic nitrogens is 3. The van der Waals surface area contributed by atoms with Crippen LogP contribution in [0, 0.1) is 0 Å². The molecule has 0 unspecified atom stereocenters. The highest BCUT2D eigenvalue weighted by atomic mass is 16.2. The second kappa shape index (κ2) is 8.26. The first-order chi connectivity index (χ1) is 14.9. The fourth-order valence-corrected chi connectivity index (χ4v) is 4.02. The predicted molar refractivity (Wildman–Crippen MR) is 123 cm³/mol. The van der Waals surface area contributed by atoms with Crippen LogP contribution in [0.3, 0.4) is 0 Å². The van der Waals surface area contributed by atoms with Crippen LogP contribution in [0.1, 0.15) is 36.1 Å². The number of benzene rings is 1. The van der Waals surface area contributed by atoms with E-state index in [2.05, 4.69) is 28.7 Å². The average molecular weight is 418 g/mol. The summed E-state index contributed by atoms with van der Waals surface area (Å²) in [5.41, 5.74) is 3.93. The van der Waals surface area contributed by atoms with Crippen molar-refractivity contribution in [3.8, 4) is 0 Å². The van der Waals surface area contributed by atoms with Crippen molar-refractivity contribution in [1.29, 1.82) is 0 Å². The van der Waals surface area contributed by atoms with E-state index in [0.29, 0.717) is 18.7 Å². The molecule has 0 aliphatic heterocycles. The molecule has 0 atom stereocenters. The predicted octanol–water partition coefficient (Wildman–Crippen LogP) is 4.07. The Morgan fingerprint density at radius 3 is 2.48 bits per heavy atom. The van der Waals surface area contributed by atoms with Gasteiger partial charge in [-0.05, 0) is 38.1 Å². The number of fused-ring (bicyclic) bond motifs is 3. The number of pyridine rings is 1. The molecule has 4 aromatic rings. The Bertz CT molecular complexity index is 1250. The van der Waals surface area contributed by atoms with Gasteiger partial charge in [0.05, 0.1) is 16.6 Å². The van der Waals surface area contributed by atoms with Crippen LogP contribution in [-0.4, -0.2) is 51.6 Å². The van der Waals surface area contributed by atoms with Crippen LogP contribution in [0.2, 0.25) is 0 Å². The van der Waals surface area contributed by atoms with E-state index in [1.165, 1.54) is 9.47 Å². The summed E-state index contributed by atoms with van der Waals surface area (Å²) in [7, 11) is 3.39. The van der Waals surface area contributed by atoms with Crippen LogP contribution in [0.4, 0.5) is 4.79 Å². The quantitative estimate of drug-likeness (QED) is 0.532. The van der Waals surface area contributed by atoms with E-state index in [1.807, 2.05) is 48.5 Å². The molecule has 0 saturated carbocycles. The van der Waals surface area contributed by atoms with Crippen LogP contribution >= 0.6 is 0 Å².